The summed E-state index contributed by atoms with van der Waals surface area (Å²) in [4.78, 5) is 0. The number of benzene rings is 2. The van der Waals surface area contributed by atoms with Crippen LogP contribution < -0.4 is 0 Å². The summed E-state index contributed by atoms with van der Waals surface area (Å²) < 4.78 is 1.73. The van der Waals surface area contributed by atoms with Gasteiger partial charge in [-0.3, -0.25) is 0 Å². The smallest absolute Gasteiger partial charge is 0.211 e. The van der Waals surface area contributed by atoms with Crippen molar-refractivity contribution < 1.29 is 4.70 Å². The minimum Gasteiger partial charge on any atom is -0.493 e. The predicted octanol–water partition coefficient (Wildman–Crippen LogP) is 18.0. The molecule has 0 bridgehead atoms. The van der Waals surface area contributed by atoms with E-state index in [0.717, 1.165) is 82.0 Å². The molecule has 320 valence electrons. The van der Waals surface area contributed by atoms with E-state index in [0.29, 0.717) is 0 Å². The van der Waals surface area contributed by atoms with Gasteiger partial charge in [-0.05, 0) is 141 Å². The maximum atomic E-state index is 12.9. The molecule has 2 aromatic carbocycles. The SMILES string of the molecule is CCCCCCCCC1=C(c2cc(CCCCCC)c(CCCCCC)c(CCCCCC)c2)[N+](=[N-])C(c2cc(CCC)c(CCC)c(CCC)c2)=C1CCCC. The number of allylic oxidation sites excluding steroid dienone is 2. The lowest BCUT2D eigenvalue weighted by molar-refractivity contribution is -0.345. The molecule has 0 atom stereocenters. The van der Waals surface area contributed by atoms with Gasteiger partial charge in [-0.1, -0.05) is 171 Å². The summed E-state index contributed by atoms with van der Waals surface area (Å²) >= 11 is 0. The van der Waals surface area contributed by atoms with Crippen molar-refractivity contribution in [1.82, 2.24) is 0 Å². The van der Waals surface area contributed by atoms with Gasteiger partial charge in [0.05, 0.1) is 0 Å². The van der Waals surface area contributed by atoms with E-state index in [4.69, 9.17) is 0 Å². The molecule has 2 aromatic rings. The third-order valence-corrected chi connectivity index (χ3v) is 12.8. The van der Waals surface area contributed by atoms with Gasteiger partial charge in [-0.25, -0.2) is 4.70 Å². The molecule has 3 rings (SSSR count). The number of aryl methyl sites for hydroxylation is 4. The van der Waals surface area contributed by atoms with Crippen molar-refractivity contribution in [2.45, 2.75) is 254 Å². The van der Waals surface area contributed by atoms with Gasteiger partial charge in [0.25, 0.3) is 0 Å². The van der Waals surface area contributed by atoms with Gasteiger partial charge in [-0.2, -0.15) is 0 Å². The Morgan fingerprint density at radius 2 is 0.632 bits per heavy atom. The molecule has 1 heterocycles. The second-order valence-corrected chi connectivity index (χ2v) is 17.8. The average molecular weight is 779 g/mol. The first-order valence-corrected chi connectivity index (χ1v) is 25.2. The molecule has 1 aliphatic heterocycles. The number of nitrogens with zero attached hydrogens (tertiary/aromatic N) is 2. The van der Waals surface area contributed by atoms with Gasteiger partial charge in [0.1, 0.15) is 0 Å². The molecular formula is C55H90N2. The zero-order valence-corrected chi connectivity index (χ0v) is 39.1. The summed E-state index contributed by atoms with van der Waals surface area (Å²) in [6.45, 7) is 18.6. The van der Waals surface area contributed by atoms with Crippen LogP contribution in [-0.4, -0.2) is 4.70 Å². The van der Waals surface area contributed by atoms with Crippen LogP contribution in [0.5, 0.6) is 0 Å². The van der Waals surface area contributed by atoms with Gasteiger partial charge in [0, 0.05) is 22.3 Å². The average Bonchev–Trinajstić information content (AvgIpc) is 3.48. The highest BCUT2D eigenvalue weighted by atomic mass is 15.2. The Kier molecular flexibility index (Phi) is 24.8. The summed E-state index contributed by atoms with van der Waals surface area (Å²) in [5.74, 6) is 0. The number of hydrogen-bond acceptors (Lipinski definition) is 0. The second kappa shape index (κ2) is 28.9. The highest BCUT2D eigenvalue weighted by Crippen LogP contribution is 2.46. The molecule has 0 aliphatic carbocycles. The first-order chi connectivity index (χ1) is 27.9. The van der Waals surface area contributed by atoms with Gasteiger partial charge in [0.15, 0.2) is 0 Å². The summed E-state index contributed by atoms with van der Waals surface area (Å²) in [6.07, 6.45) is 38.0. The first kappa shape index (κ1) is 48.9. The highest BCUT2D eigenvalue weighted by molar-refractivity contribution is 5.83. The Balaban J connectivity index is 2.32. The van der Waals surface area contributed by atoms with Crippen LogP contribution in [0, 0.1) is 0 Å². The molecule has 0 aromatic heterocycles. The largest absolute Gasteiger partial charge is 0.493 e. The third-order valence-electron chi connectivity index (χ3n) is 12.8. The molecule has 57 heavy (non-hydrogen) atoms. The van der Waals surface area contributed by atoms with Crippen LogP contribution in [0.15, 0.2) is 35.4 Å². The Morgan fingerprint density at radius 1 is 0.316 bits per heavy atom. The second-order valence-electron chi connectivity index (χ2n) is 17.8. The highest BCUT2D eigenvalue weighted by Gasteiger charge is 2.36. The fourth-order valence-electron chi connectivity index (χ4n) is 9.63. The quantitative estimate of drug-likeness (QED) is 0.0509. The molecule has 0 amide bonds. The Labute approximate surface area is 354 Å². The minimum absolute atomic E-state index is 1.03. The molecule has 0 N–H and O–H groups in total. The molecule has 0 fully saturated rings. The van der Waals surface area contributed by atoms with Crippen LogP contribution in [0.1, 0.15) is 260 Å². The van der Waals surface area contributed by atoms with Crippen molar-refractivity contribution >= 4 is 11.4 Å². The molecule has 1 aliphatic rings. The van der Waals surface area contributed by atoms with Crippen molar-refractivity contribution in [2.24, 2.45) is 0 Å². The van der Waals surface area contributed by atoms with Crippen LogP contribution >= 0.6 is 0 Å². The van der Waals surface area contributed by atoms with E-state index in [1.54, 1.807) is 27.0 Å². The maximum Gasteiger partial charge on any atom is 0.211 e. The fourth-order valence-corrected chi connectivity index (χ4v) is 9.63. The zero-order valence-electron chi connectivity index (χ0n) is 39.1. The normalized spacial score (nSPS) is 13.2. The van der Waals surface area contributed by atoms with Crippen molar-refractivity contribution in [3.05, 3.63) is 85.5 Å². The first-order valence-electron chi connectivity index (χ1n) is 25.2. The van der Waals surface area contributed by atoms with Crippen LogP contribution in [-0.2, 0) is 38.5 Å². The van der Waals surface area contributed by atoms with Crippen molar-refractivity contribution in [2.75, 3.05) is 0 Å². The van der Waals surface area contributed by atoms with Crippen molar-refractivity contribution in [3.8, 4) is 0 Å². The lowest BCUT2D eigenvalue weighted by atomic mass is 9.86. The zero-order chi connectivity index (χ0) is 41.3. The molecular weight excluding hydrogens is 689 g/mol. The lowest BCUT2D eigenvalue weighted by Gasteiger charge is -2.20. The standard InChI is InChI=1S/C55H90N2/c1-9-17-22-26-27-31-39-53-52(37-21-13-5)54(48-40-44(32-14-6)50(34-16-8)45(41-48)33-15-7)57(56)55(53)49-42-46(35-28-23-18-10-2)51(38-30-25-20-12-4)47(43-49)36-29-24-19-11-3/h40-43H,9-39H2,1-8H3. The third kappa shape index (κ3) is 15.2. The number of unbranched alkanes of at least 4 members (excludes halogenated alkanes) is 15. The summed E-state index contributed by atoms with van der Waals surface area (Å²) in [5.41, 5.74) is 30.0. The van der Waals surface area contributed by atoms with E-state index in [1.165, 1.54) is 162 Å². The molecule has 2 heteroatoms. The van der Waals surface area contributed by atoms with Gasteiger partial charge in [0.2, 0.25) is 11.4 Å². The van der Waals surface area contributed by atoms with E-state index in [9.17, 15) is 5.53 Å². The van der Waals surface area contributed by atoms with Crippen LogP contribution in [0.25, 0.3) is 16.9 Å². The van der Waals surface area contributed by atoms with E-state index < -0.39 is 0 Å². The Morgan fingerprint density at radius 3 is 1.05 bits per heavy atom. The topological polar surface area (TPSA) is 25.3 Å². The fraction of sp³-hybridized carbons (Fsp3) is 0.709. The van der Waals surface area contributed by atoms with Gasteiger partial charge < -0.3 is 5.53 Å². The van der Waals surface area contributed by atoms with E-state index in [1.807, 2.05) is 0 Å². The lowest BCUT2D eigenvalue weighted by Crippen LogP contribution is -2.09. The predicted molar refractivity (Wildman–Crippen MR) is 253 cm³/mol. The van der Waals surface area contributed by atoms with Gasteiger partial charge in [-0.15, -0.1) is 0 Å². The van der Waals surface area contributed by atoms with Gasteiger partial charge >= 0.3 is 0 Å². The molecule has 0 radical (unpaired) electrons. The van der Waals surface area contributed by atoms with Crippen LogP contribution in [0.2, 0.25) is 0 Å². The molecule has 2 nitrogen and oxygen atoms in total. The van der Waals surface area contributed by atoms with E-state index >= 15 is 0 Å². The van der Waals surface area contributed by atoms with Crippen molar-refractivity contribution in [1.29, 1.82) is 0 Å². The Bertz CT molecular complexity index is 1460. The molecule has 0 spiro atoms. The molecule has 0 unspecified atom stereocenters. The van der Waals surface area contributed by atoms with E-state index in [-0.39, 0.29) is 0 Å². The summed E-state index contributed by atoms with van der Waals surface area (Å²) in [6, 6.07) is 10.2. The Hall–Kier alpha value is -2.48. The monoisotopic (exact) mass is 779 g/mol. The molecule has 0 saturated carbocycles. The minimum atomic E-state index is 1.03. The summed E-state index contributed by atoms with van der Waals surface area (Å²) in [7, 11) is 0. The van der Waals surface area contributed by atoms with Crippen LogP contribution in [0.3, 0.4) is 0 Å². The summed E-state index contributed by atoms with van der Waals surface area (Å²) in [5, 5.41) is 0. The number of rotatable bonds is 33. The number of hydrogen-bond donors (Lipinski definition) is 0. The van der Waals surface area contributed by atoms with Crippen LogP contribution in [0.4, 0.5) is 0 Å². The molecule has 0 saturated heterocycles. The van der Waals surface area contributed by atoms with E-state index in [2.05, 4.69) is 79.7 Å². The maximum absolute atomic E-state index is 12.9. The van der Waals surface area contributed by atoms with Crippen molar-refractivity contribution in [3.63, 3.8) is 0 Å².